The van der Waals surface area contributed by atoms with Crippen molar-refractivity contribution in [2.45, 2.75) is 25.9 Å². The van der Waals surface area contributed by atoms with Crippen molar-refractivity contribution in [1.29, 1.82) is 5.26 Å². The van der Waals surface area contributed by atoms with Crippen molar-refractivity contribution in [2.24, 2.45) is 0 Å². The summed E-state index contributed by atoms with van der Waals surface area (Å²) in [6.45, 7) is 2.97. The highest BCUT2D eigenvalue weighted by molar-refractivity contribution is 5.86. The molecule has 0 aliphatic rings. The summed E-state index contributed by atoms with van der Waals surface area (Å²) in [7, 11) is 0. The summed E-state index contributed by atoms with van der Waals surface area (Å²) < 4.78 is 1.84. The first-order chi connectivity index (χ1) is 9.76. The molecule has 0 saturated carbocycles. The topological polar surface area (TPSA) is 83.6 Å². The number of aromatic nitrogens is 3. The maximum Gasteiger partial charge on any atom is 0.242 e. The van der Waals surface area contributed by atoms with Crippen LogP contribution in [0.15, 0.2) is 36.7 Å². The molecule has 0 saturated heterocycles. The zero-order chi connectivity index (χ0) is 14.4. The monoisotopic (exact) mass is 269 g/mol. The molecule has 1 atom stereocenters. The second-order valence-corrected chi connectivity index (χ2v) is 4.22. The minimum Gasteiger partial charge on any atom is -0.347 e. The van der Waals surface area contributed by atoms with E-state index in [1.165, 1.54) is 0 Å². The normalized spacial score (nSPS) is 11.6. The number of hydrogen-bond donors (Lipinski definition) is 1. The SMILES string of the molecule is CCn1cnnc1CNC(=O)C(C#N)c1ccccc1. The summed E-state index contributed by atoms with van der Waals surface area (Å²) in [4.78, 5) is 12.1. The van der Waals surface area contributed by atoms with Crippen molar-refractivity contribution >= 4 is 5.91 Å². The van der Waals surface area contributed by atoms with Crippen LogP contribution in [0, 0.1) is 11.3 Å². The first-order valence-corrected chi connectivity index (χ1v) is 6.35. The van der Waals surface area contributed by atoms with Gasteiger partial charge in [0.1, 0.15) is 12.2 Å². The zero-order valence-electron chi connectivity index (χ0n) is 11.2. The van der Waals surface area contributed by atoms with Gasteiger partial charge >= 0.3 is 0 Å². The van der Waals surface area contributed by atoms with E-state index in [0.717, 1.165) is 6.54 Å². The van der Waals surface area contributed by atoms with E-state index in [0.29, 0.717) is 11.4 Å². The third-order valence-electron chi connectivity index (χ3n) is 2.98. The number of aryl methyl sites for hydroxylation is 1. The van der Waals surface area contributed by atoms with Crippen molar-refractivity contribution in [3.05, 3.63) is 48.0 Å². The third kappa shape index (κ3) is 3.01. The smallest absolute Gasteiger partial charge is 0.242 e. The van der Waals surface area contributed by atoms with Crippen molar-refractivity contribution in [3.63, 3.8) is 0 Å². The molecular weight excluding hydrogens is 254 g/mol. The molecule has 0 aliphatic heterocycles. The summed E-state index contributed by atoms with van der Waals surface area (Å²) in [5.41, 5.74) is 0.685. The molecule has 1 aromatic carbocycles. The summed E-state index contributed by atoms with van der Waals surface area (Å²) in [5.74, 6) is -0.468. The Labute approximate surface area is 117 Å². The Morgan fingerprint density at radius 3 is 2.85 bits per heavy atom. The maximum atomic E-state index is 12.1. The molecule has 0 spiro atoms. The van der Waals surface area contributed by atoms with Gasteiger partial charge in [-0.3, -0.25) is 4.79 Å². The second-order valence-electron chi connectivity index (χ2n) is 4.22. The molecule has 1 N–H and O–H groups in total. The van der Waals surface area contributed by atoms with Gasteiger partial charge < -0.3 is 9.88 Å². The standard InChI is InChI=1S/C14H15N5O/c1-2-19-10-17-18-13(19)9-16-14(20)12(8-15)11-6-4-3-5-7-11/h3-7,10,12H,2,9H2,1H3,(H,16,20). The minimum absolute atomic E-state index is 0.262. The Bertz CT molecular complexity index is 614. The molecule has 0 aliphatic carbocycles. The number of amides is 1. The van der Waals surface area contributed by atoms with Crippen LogP contribution in [0.3, 0.4) is 0 Å². The largest absolute Gasteiger partial charge is 0.347 e. The van der Waals surface area contributed by atoms with Crippen LogP contribution < -0.4 is 5.32 Å². The predicted molar refractivity (Wildman–Crippen MR) is 72.3 cm³/mol. The Hall–Kier alpha value is -2.68. The lowest BCUT2D eigenvalue weighted by atomic mass is 10.00. The number of carbonyl (C=O) groups is 1. The lowest BCUT2D eigenvalue weighted by Crippen LogP contribution is -2.29. The molecule has 6 heteroatoms. The fraction of sp³-hybridized carbons (Fsp3) is 0.286. The van der Waals surface area contributed by atoms with Gasteiger partial charge in [0.15, 0.2) is 5.82 Å². The minimum atomic E-state index is -0.811. The molecule has 0 fully saturated rings. The van der Waals surface area contributed by atoms with Crippen molar-refractivity contribution < 1.29 is 4.79 Å². The highest BCUT2D eigenvalue weighted by Crippen LogP contribution is 2.14. The number of carbonyl (C=O) groups excluding carboxylic acids is 1. The molecule has 0 radical (unpaired) electrons. The lowest BCUT2D eigenvalue weighted by molar-refractivity contribution is -0.121. The molecule has 1 aromatic heterocycles. The van der Waals surface area contributed by atoms with Crippen molar-refractivity contribution in [3.8, 4) is 6.07 Å². The van der Waals surface area contributed by atoms with Gasteiger partial charge in [-0.15, -0.1) is 10.2 Å². The predicted octanol–water partition coefficient (Wildman–Crippen LogP) is 1.22. The zero-order valence-corrected chi connectivity index (χ0v) is 11.2. The van der Waals surface area contributed by atoms with E-state index >= 15 is 0 Å². The summed E-state index contributed by atoms with van der Waals surface area (Å²) in [5, 5.41) is 19.6. The molecule has 1 unspecified atom stereocenters. The lowest BCUT2D eigenvalue weighted by Gasteiger charge is -2.10. The number of nitrogens with zero attached hydrogens (tertiary/aromatic N) is 4. The molecule has 20 heavy (non-hydrogen) atoms. The van der Waals surface area contributed by atoms with Gasteiger partial charge in [0, 0.05) is 6.54 Å². The van der Waals surface area contributed by atoms with E-state index < -0.39 is 5.92 Å². The summed E-state index contributed by atoms with van der Waals surface area (Å²) >= 11 is 0. The highest BCUT2D eigenvalue weighted by Gasteiger charge is 2.20. The number of hydrogen-bond acceptors (Lipinski definition) is 4. The average molecular weight is 269 g/mol. The first kappa shape index (κ1) is 13.7. The number of rotatable bonds is 5. The summed E-state index contributed by atoms with van der Waals surface area (Å²) in [6.07, 6.45) is 1.61. The van der Waals surface area contributed by atoms with E-state index in [1.807, 2.05) is 23.6 Å². The van der Waals surface area contributed by atoms with Gasteiger partial charge in [0.25, 0.3) is 0 Å². The van der Waals surface area contributed by atoms with Crippen molar-refractivity contribution in [1.82, 2.24) is 20.1 Å². The second kappa shape index (κ2) is 6.48. The molecule has 6 nitrogen and oxygen atoms in total. The number of nitriles is 1. The first-order valence-electron chi connectivity index (χ1n) is 6.35. The Morgan fingerprint density at radius 1 is 1.45 bits per heavy atom. The molecule has 0 bridgehead atoms. The average Bonchev–Trinajstić information content (AvgIpc) is 2.94. The molecule has 1 heterocycles. The molecule has 1 amide bonds. The Morgan fingerprint density at radius 2 is 2.20 bits per heavy atom. The van der Waals surface area contributed by atoms with Gasteiger partial charge in [-0.05, 0) is 12.5 Å². The molecule has 102 valence electrons. The van der Waals surface area contributed by atoms with Gasteiger partial charge in [-0.25, -0.2) is 0 Å². The maximum absolute atomic E-state index is 12.1. The van der Waals surface area contributed by atoms with Crippen LogP contribution in [0.4, 0.5) is 0 Å². The Kier molecular flexibility index (Phi) is 4.45. The van der Waals surface area contributed by atoms with Crippen LogP contribution in [0.1, 0.15) is 24.2 Å². The van der Waals surface area contributed by atoms with Gasteiger partial charge in [-0.1, -0.05) is 30.3 Å². The fourth-order valence-electron chi connectivity index (χ4n) is 1.88. The van der Waals surface area contributed by atoms with Gasteiger partial charge in [0.2, 0.25) is 5.91 Å². The fourth-order valence-corrected chi connectivity index (χ4v) is 1.88. The molecule has 2 aromatic rings. The molecular formula is C14H15N5O. The highest BCUT2D eigenvalue weighted by atomic mass is 16.1. The van der Waals surface area contributed by atoms with E-state index in [1.54, 1.807) is 30.6 Å². The summed E-state index contributed by atoms with van der Waals surface area (Å²) in [6, 6.07) is 11.0. The van der Waals surface area contributed by atoms with Crippen LogP contribution in [-0.2, 0) is 17.9 Å². The van der Waals surface area contributed by atoms with E-state index in [2.05, 4.69) is 15.5 Å². The van der Waals surface area contributed by atoms with Crippen LogP contribution in [0.5, 0.6) is 0 Å². The number of nitrogens with one attached hydrogen (secondary N) is 1. The van der Waals surface area contributed by atoms with E-state index in [-0.39, 0.29) is 12.5 Å². The van der Waals surface area contributed by atoms with Gasteiger partial charge in [-0.2, -0.15) is 5.26 Å². The van der Waals surface area contributed by atoms with Crippen LogP contribution in [0.25, 0.3) is 0 Å². The number of benzene rings is 1. The van der Waals surface area contributed by atoms with E-state index in [4.69, 9.17) is 5.26 Å². The van der Waals surface area contributed by atoms with Crippen molar-refractivity contribution in [2.75, 3.05) is 0 Å². The Balaban J connectivity index is 2.03. The molecule has 2 rings (SSSR count). The van der Waals surface area contributed by atoms with E-state index in [9.17, 15) is 4.79 Å². The van der Waals surface area contributed by atoms with Crippen LogP contribution >= 0.6 is 0 Å². The third-order valence-corrected chi connectivity index (χ3v) is 2.98. The van der Waals surface area contributed by atoms with Crippen LogP contribution in [0.2, 0.25) is 0 Å². The van der Waals surface area contributed by atoms with Gasteiger partial charge in [0.05, 0.1) is 12.6 Å². The van der Waals surface area contributed by atoms with Crippen LogP contribution in [-0.4, -0.2) is 20.7 Å². The quantitative estimate of drug-likeness (QED) is 0.884.